The van der Waals surface area contributed by atoms with Crippen LogP contribution in [-0.4, -0.2) is 22.7 Å². The van der Waals surface area contributed by atoms with Crippen molar-refractivity contribution in [2.75, 3.05) is 6.61 Å². The van der Waals surface area contributed by atoms with Gasteiger partial charge in [-0.2, -0.15) is 0 Å². The van der Waals surface area contributed by atoms with Crippen molar-refractivity contribution in [1.29, 1.82) is 0 Å². The molecule has 0 atom stereocenters. The van der Waals surface area contributed by atoms with Gasteiger partial charge in [0, 0.05) is 17.8 Å². The third kappa shape index (κ3) is 3.04. The van der Waals surface area contributed by atoms with Gasteiger partial charge in [-0.15, -0.1) is 0 Å². The summed E-state index contributed by atoms with van der Waals surface area (Å²) in [6.45, 7) is -0.377. The highest BCUT2D eigenvalue weighted by Gasteiger charge is 2.01. The first-order valence-corrected chi connectivity index (χ1v) is 5.12. The average molecular weight is 229 g/mol. The Labute approximate surface area is 98.5 Å². The monoisotopic (exact) mass is 229 g/mol. The maximum absolute atomic E-state index is 10.3. The first kappa shape index (κ1) is 11.1. The van der Waals surface area contributed by atoms with Crippen molar-refractivity contribution >= 4 is 5.97 Å². The summed E-state index contributed by atoms with van der Waals surface area (Å²) in [7, 11) is 0. The minimum absolute atomic E-state index is 0.312. The minimum atomic E-state index is -1.01. The van der Waals surface area contributed by atoms with Gasteiger partial charge in [-0.3, -0.25) is 0 Å². The lowest BCUT2D eigenvalue weighted by molar-refractivity contribution is -0.139. The number of pyridine rings is 1. The van der Waals surface area contributed by atoms with Crippen LogP contribution >= 0.6 is 0 Å². The Balaban J connectivity index is 2.11. The second-order valence-electron chi connectivity index (χ2n) is 3.43. The van der Waals surface area contributed by atoms with E-state index in [1.807, 2.05) is 36.4 Å². The molecule has 4 nitrogen and oxygen atoms in total. The number of hydrogen-bond acceptors (Lipinski definition) is 3. The summed E-state index contributed by atoms with van der Waals surface area (Å²) in [6, 6.07) is 13.3. The third-order valence-electron chi connectivity index (χ3n) is 2.19. The Hall–Kier alpha value is -2.36. The molecule has 0 spiro atoms. The highest BCUT2D eigenvalue weighted by molar-refractivity contribution is 5.68. The van der Waals surface area contributed by atoms with E-state index in [2.05, 4.69) is 4.98 Å². The van der Waals surface area contributed by atoms with E-state index in [0.29, 0.717) is 5.88 Å². The number of aliphatic carboxylic acids is 1. The normalized spacial score (nSPS) is 9.88. The predicted octanol–water partition coefficient (Wildman–Crippen LogP) is 2.21. The quantitative estimate of drug-likeness (QED) is 0.873. The molecule has 0 aliphatic rings. The maximum Gasteiger partial charge on any atom is 0.341 e. The van der Waals surface area contributed by atoms with Crippen molar-refractivity contribution in [3.05, 3.63) is 48.7 Å². The third-order valence-corrected chi connectivity index (χ3v) is 2.19. The molecule has 0 saturated carbocycles. The van der Waals surface area contributed by atoms with Gasteiger partial charge in [0.1, 0.15) is 0 Å². The summed E-state index contributed by atoms with van der Waals surface area (Å²) in [5, 5.41) is 8.45. The van der Waals surface area contributed by atoms with Crippen LogP contribution in [0.1, 0.15) is 0 Å². The maximum atomic E-state index is 10.3. The van der Waals surface area contributed by atoms with Crippen LogP contribution < -0.4 is 4.74 Å². The van der Waals surface area contributed by atoms with Crippen molar-refractivity contribution in [3.63, 3.8) is 0 Å². The molecule has 4 heteroatoms. The van der Waals surface area contributed by atoms with Gasteiger partial charge in [-0.1, -0.05) is 30.3 Å². The molecule has 0 bridgehead atoms. The Bertz CT molecular complexity index is 494. The van der Waals surface area contributed by atoms with Gasteiger partial charge in [-0.25, -0.2) is 9.78 Å². The zero-order valence-corrected chi connectivity index (χ0v) is 9.04. The summed E-state index contributed by atoms with van der Waals surface area (Å²) in [4.78, 5) is 14.3. The van der Waals surface area contributed by atoms with Gasteiger partial charge in [0.2, 0.25) is 5.88 Å². The Morgan fingerprint density at radius 1 is 1.12 bits per heavy atom. The molecule has 0 aliphatic carbocycles. The summed E-state index contributed by atoms with van der Waals surface area (Å²) in [5.74, 6) is -0.703. The Morgan fingerprint density at radius 3 is 2.47 bits per heavy atom. The van der Waals surface area contributed by atoms with Gasteiger partial charge in [0.15, 0.2) is 6.61 Å². The topological polar surface area (TPSA) is 59.4 Å². The van der Waals surface area contributed by atoms with Crippen molar-refractivity contribution in [2.45, 2.75) is 0 Å². The molecular weight excluding hydrogens is 218 g/mol. The summed E-state index contributed by atoms with van der Waals surface area (Å²) in [6.07, 6.45) is 1.66. The number of carbonyl (C=O) groups is 1. The van der Waals surface area contributed by atoms with E-state index < -0.39 is 5.97 Å². The average Bonchev–Trinajstić information content (AvgIpc) is 2.38. The second kappa shape index (κ2) is 5.12. The fourth-order valence-corrected chi connectivity index (χ4v) is 1.40. The molecule has 2 rings (SSSR count). The van der Waals surface area contributed by atoms with Crippen molar-refractivity contribution < 1.29 is 14.6 Å². The molecule has 0 amide bonds. The van der Waals surface area contributed by atoms with E-state index in [0.717, 1.165) is 11.1 Å². The summed E-state index contributed by atoms with van der Waals surface area (Å²) >= 11 is 0. The lowest BCUT2D eigenvalue weighted by Gasteiger charge is -2.04. The minimum Gasteiger partial charge on any atom is -0.479 e. The Morgan fingerprint density at radius 2 is 1.88 bits per heavy atom. The number of hydrogen-bond donors (Lipinski definition) is 1. The Kier molecular flexibility index (Phi) is 3.35. The fourth-order valence-electron chi connectivity index (χ4n) is 1.40. The smallest absolute Gasteiger partial charge is 0.341 e. The standard InChI is InChI=1S/C13H11NO3/c15-13(16)9-17-12-7-6-11(8-14-12)10-4-2-1-3-5-10/h1-8H,9H2,(H,15,16). The summed E-state index contributed by atoms with van der Waals surface area (Å²) < 4.78 is 4.95. The first-order valence-electron chi connectivity index (χ1n) is 5.12. The molecule has 0 fully saturated rings. The lowest BCUT2D eigenvalue weighted by Crippen LogP contribution is -2.10. The van der Waals surface area contributed by atoms with E-state index in [-0.39, 0.29) is 6.61 Å². The second-order valence-corrected chi connectivity index (χ2v) is 3.43. The number of carboxylic acids is 1. The van der Waals surface area contributed by atoms with Gasteiger partial charge >= 0.3 is 5.97 Å². The van der Waals surface area contributed by atoms with E-state index in [1.54, 1.807) is 12.3 Å². The van der Waals surface area contributed by atoms with Crippen LogP contribution in [-0.2, 0) is 4.79 Å². The van der Waals surface area contributed by atoms with Crippen molar-refractivity contribution in [3.8, 4) is 17.0 Å². The molecular formula is C13H11NO3. The number of benzene rings is 1. The molecule has 0 saturated heterocycles. The SMILES string of the molecule is O=C(O)COc1ccc(-c2ccccc2)cn1. The molecule has 0 unspecified atom stereocenters. The van der Waals surface area contributed by atoms with Gasteiger partial charge < -0.3 is 9.84 Å². The molecule has 0 radical (unpaired) electrons. The largest absolute Gasteiger partial charge is 0.479 e. The van der Waals surface area contributed by atoms with Gasteiger partial charge in [0.05, 0.1) is 0 Å². The number of nitrogens with zero attached hydrogens (tertiary/aromatic N) is 1. The highest BCUT2D eigenvalue weighted by atomic mass is 16.5. The molecule has 0 aliphatic heterocycles. The first-order chi connectivity index (χ1) is 8.25. The molecule has 1 aromatic heterocycles. The van der Waals surface area contributed by atoms with Crippen LogP contribution in [0.3, 0.4) is 0 Å². The number of rotatable bonds is 4. The fraction of sp³-hybridized carbons (Fsp3) is 0.0769. The number of ether oxygens (including phenoxy) is 1. The van der Waals surface area contributed by atoms with E-state index in [4.69, 9.17) is 9.84 Å². The molecule has 2 aromatic rings. The van der Waals surface area contributed by atoms with Gasteiger partial charge in [-0.05, 0) is 11.6 Å². The van der Waals surface area contributed by atoms with Crippen LogP contribution in [0.4, 0.5) is 0 Å². The molecule has 86 valence electrons. The predicted molar refractivity (Wildman–Crippen MR) is 62.8 cm³/mol. The van der Waals surface area contributed by atoms with Gasteiger partial charge in [0.25, 0.3) is 0 Å². The molecule has 1 aromatic carbocycles. The van der Waals surface area contributed by atoms with E-state index in [1.165, 1.54) is 0 Å². The number of aromatic nitrogens is 1. The zero-order chi connectivity index (χ0) is 12.1. The van der Waals surface area contributed by atoms with E-state index in [9.17, 15) is 4.79 Å². The van der Waals surface area contributed by atoms with Crippen LogP contribution in [0.25, 0.3) is 11.1 Å². The van der Waals surface area contributed by atoms with Crippen LogP contribution in [0.15, 0.2) is 48.7 Å². The van der Waals surface area contributed by atoms with E-state index >= 15 is 0 Å². The zero-order valence-electron chi connectivity index (χ0n) is 9.04. The molecule has 1 N–H and O–H groups in total. The molecule has 17 heavy (non-hydrogen) atoms. The van der Waals surface area contributed by atoms with Crippen LogP contribution in [0.5, 0.6) is 5.88 Å². The van der Waals surface area contributed by atoms with Crippen molar-refractivity contribution in [1.82, 2.24) is 4.98 Å². The van der Waals surface area contributed by atoms with Crippen LogP contribution in [0, 0.1) is 0 Å². The summed E-state index contributed by atoms with van der Waals surface area (Å²) in [5.41, 5.74) is 2.03. The van der Waals surface area contributed by atoms with Crippen LogP contribution in [0.2, 0.25) is 0 Å². The highest BCUT2D eigenvalue weighted by Crippen LogP contribution is 2.19. The number of carboxylic acid groups (broad SMARTS) is 1. The lowest BCUT2D eigenvalue weighted by atomic mass is 10.1. The van der Waals surface area contributed by atoms with Crippen molar-refractivity contribution in [2.24, 2.45) is 0 Å². The molecule has 1 heterocycles.